The molecule has 0 aliphatic carbocycles. The molecule has 1 aromatic carbocycles. The monoisotopic (exact) mass is 425 g/mol. The lowest BCUT2D eigenvalue weighted by Crippen LogP contribution is -2.39. The molecule has 0 aliphatic rings. The zero-order chi connectivity index (χ0) is 22.4. The van der Waals surface area contributed by atoms with Gasteiger partial charge in [-0.3, -0.25) is 22.9 Å². The summed E-state index contributed by atoms with van der Waals surface area (Å²) < 4.78 is 17.3. The van der Waals surface area contributed by atoms with Crippen molar-refractivity contribution in [3.63, 3.8) is 0 Å². The van der Waals surface area contributed by atoms with Gasteiger partial charge in [-0.15, -0.1) is 0 Å². The van der Waals surface area contributed by atoms with Gasteiger partial charge in [0.2, 0.25) is 5.78 Å². The lowest BCUT2D eigenvalue weighted by atomic mass is 10.1. The summed E-state index contributed by atoms with van der Waals surface area (Å²) in [5, 5.41) is 0. The lowest BCUT2D eigenvalue weighted by molar-refractivity contribution is 0.393. The number of aryl methyl sites for hydroxylation is 2. The van der Waals surface area contributed by atoms with Crippen LogP contribution in [0.4, 0.5) is 0 Å². The van der Waals surface area contributed by atoms with Gasteiger partial charge in [-0.2, -0.15) is 4.98 Å². The van der Waals surface area contributed by atoms with Crippen LogP contribution >= 0.6 is 0 Å². The van der Waals surface area contributed by atoms with E-state index in [4.69, 9.17) is 9.47 Å². The van der Waals surface area contributed by atoms with Gasteiger partial charge in [-0.05, 0) is 31.4 Å². The number of methoxy groups -OCH3 is 2. The SMILES string of the molecule is COc1ccc(-n2c(C)cn3c4c(=O)n(CCC(C)C)c(=O)n(C)c4nc23)c(OC)c1. The van der Waals surface area contributed by atoms with Gasteiger partial charge in [0.15, 0.2) is 11.2 Å². The van der Waals surface area contributed by atoms with Gasteiger partial charge in [0.25, 0.3) is 5.56 Å². The summed E-state index contributed by atoms with van der Waals surface area (Å²) in [6.07, 6.45) is 2.60. The molecule has 0 bridgehead atoms. The van der Waals surface area contributed by atoms with Gasteiger partial charge in [0.05, 0.1) is 19.9 Å². The van der Waals surface area contributed by atoms with Crippen molar-refractivity contribution in [3.05, 3.63) is 50.9 Å². The molecule has 3 heterocycles. The third-order valence-electron chi connectivity index (χ3n) is 5.58. The molecule has 4 rings (SSSR count). The van der Waals surface area contributed by atoms with Crippen molar-refractivity contribution in [2.24, 2.45) is 13.0 Å². The molecule has 164 valence electrons. The fraction of sp³-hybridized carbons (Fsp3) is 0.409. The van der Waals surface area contributed by atoms with Crippen LogP contribution in [0.2, 0.25) is 0 Å². The highest BCUT2D eigenvalue weighted by Crippen LogP contribution is 2.31. The highest BCUT2D eigenvalue weighted by Gasteiger charge is 2.22. The molecular weight excluding hydrogens is 398 g/mol. The van der Waals surface area contributed by atoms with E-state index < -0.39 is 0 Å². The summed E-state index contributed by atoms with van der Waals surface area (Å²) in [5.74, 6) is 2.19. The first-order valence-corrected chi connectivity index (χ1v) is 10.2. The maximum atomic E-state index is 13.3. The summed E-state index contributed by atoms with van der Waals surface area (Å²) in [4.78, 5) is 30.8. The molecule has 3 aromatic heterocycles. The Balaban J connectivity index is 2.03. The minimum absolute atomic E-state index is 0.329. The van der Waals surface area contributed by atoms with Crippen LogP contribution in [0.5, 0.6) is 11.5 Å². The Morgan fingerprint density at radius 2 is 1.87 bits per heavy atom. The lowest BCUT2D eigenvalue weighted by Gasteiger charge is -2.12. The van der Waals surface area contributed by atoms with Crippen LogP contribution in [-0.2, 0) is 13.6 Å². The molecule has 0 fully saturated rings. The molecule has 0 aliphatic heterocycles. The number of nitrogens with zero attached hydrogens (tertiary/aromatic N) is 5. The molecule has 0 atom stereocenters. The Kier molecular flexibility index (Phi) is 5.12. The summed E-state index contributed by atoms with van der Waals surface area (Å²) in [6.45, 7) is 6.44. The Morgan fingerprint density at radius 1 is 1.13 bits per heavy atom. The van der Waals surface area contributed by atoms with Crippen molar-refractivity contribution in [3.8, 4) is 17.2 Å². The topological polar surface area (TPSA) is 84.7 Å². The van der Waals surface area contributed by atoms with E-state index in [1.165, 1.54) is 9.13 Å². The van der Waals surface area contributed by atoms with E-state index in [2.05, 4.69) is 18.8 Å². The molecule has 31 heavy (non-hydrogen) atoms. The van der Waals surface area contributed by atoms with Gasteiger partial charge in [0.1, 0.15) is 11.5 Å². The highest BCUT2D eigenvalue weighted by atomic mass is 16.5. The first-order chi connectivity index (χ1) is 14.8. The number of benzene rings is 1. The molecule has 0 amide bonds. The average molecular weight is 425 g/mol. The fourth-order valence-corrected chi connectivity index (χ4v) is 3.86. The van der Waals surface area contributed by atoms with Crippen molar-refractivity contribution >= 4 is 16.9 Å². The van der Waals surface area contributed by atoms with Crippen molar-refractivity contribution in [2.75, 3.05) is 14.2 Å². The first-order valence-electron chi connectivity index (χ1n) is 10.2. The highest BCUT2D eigenvalue weighted by molar-refractivity contribution is 5.77. The van der Waals surface area contributed by atoms with Gasteiger partial charge < -0.3 is 9.47 Å². The zero-order valence-electron chi connectivity index (χ0n) is 18.7. The third kappa shape index (κ3) is 3.20. The molecule has 4 aromatic rings. The Labute approximate surface area is 179 Å². The first kappa shape index (κ1) is 20.8. The van der Waals surface area contributed by atoms with E-state index >= 15 is 0 Å². The standard InChI is InChI=1S/C22H27N5O4/c1-13(2)9-10-25-20(28)18-19(24(4)22(25)29)23-21-26(18)12-14(3)27(21)16-8-7-15(30-5)11-17(16)31-6/h7-8,11-13H,9-10H2,1-6H3. The molecule has 0 saturated heterocycles. The largest absolute Gasteiger partial charge is 0.497 e. The molecule has 9 heteroatoms. The summed E-state index contributed by atoms with van der Waals surface area (Å²) >= 11 is 0. The number of aromatic nitrogens is 5. The smallest absolute Gasteiger partial charge is 0.332 e. The average Bonchev–Trinajstić information content (AvgIpc) is 3.26. The van der Waals surface area contributed by atoms with Gasteiger partial charge >= 0.3 is 5.69 Å². The summed E-state index contributed by atoms with van der Waals surface area (Å²) in [7, 11) is 4.83. The van der Waals surface area contributed by atoms with Crippen LogP contribution in [-0.4, -0.2) is 37.3 Å². The zero-order valence-corrected chi connectivity index (χ0v) is 18.7. The predicted molar refractivity (Wildman–Crippen MR) is 119 cm³/mol. The number of hydrogen-bond donors (Lipinski definition) is 0. The van der Waals surface area contributed by atoms with Crippen LogP contribution in [0.25, 0.3) is 22.6 Å². The second-order valence-electron chi connectivity index (χ2n) is 8.08. The molecule has 9 nitrogen and oxygen atoms in total. The van der Waals surface area contributed by atoms with Gasteiger partial charge in [-0.1, -0.05) is 13.8 Å². The molecule has 0 saturated carbocycles. The minimum Gasteiger partial charge on any atom is -0.497 e. The van der Waals surface area contributed by atoms with Crippen molar-refractivity contribution in [1.29, 1.82) is 0 Å². The number of ether oxygens (including phenoxy) is 2. The molecule has 0 radical (unpaired) electrons. The van der Waals surface area contributed by atoms with Gasteiger partial charge in [0, 0.05) is 31.5 Å². The van der Waals surface area contributed by atoms with Crippen molar-refractivity contribution < 1.29 is 9.47 Å². The number of imidazole rings is 2. The second-order valence-corrected chi connectivity index (χ2v) is 8.08. The van der Waals surface area contributed by atoms with Crippen LogP contribution in [0, 0.1) is 12.8 Å². The summed E-state index contributed by atoms with van der Waals surface area (Å²) in [6, 6.07) is 5.51. The Hall–Kier alpha value is -3.49. The van der Waals surface area contributed by atoms with E-state index in [-0.39, 0.29) is 11.2 Å². The van der Waals surface area contributed by atoms with Crippen molar-refractivity contribution in [2.45, 2.75) is 33.7 Å². The van der Waals surface area contributed by atoms with E-state index in [9.17, 15) is 9.59 Å². The van der Waals surface area contributed by atoms with Crippen LogP contribution in [0.3, 0.4) is 0 Å². The van der Waals surface area contributed by atoms with E-state index in [1.807, 2.05) is 29.8 Å². The minimum atomic E-state index is -0.357. The third-order valence-corrected chi connectivity index (χ3v) is 5.58. The number of hydrogen-bond acceptors (Lipinski definition) is 5. The molecule has 0 spiro atoms. The van der Waals surface area contributed by atoms with E-state index in [1.54, 1.807) is 31.7 Å². The van der Waals surface area contributed by atoms with Gasteiger partial charge in [-0.25, -0.2) is 4.79 Å². The Morgan fingerprint density at radius 3 is 2.52 bits per heavy atom. The summed E-state index contributed by atoms with van der Waals surface area (Å²) in [5.41, 5.74) is 1.68. The van der Waals surface area contributed by atoms with Crippen LogP contribution < -0.4 is 20.7 Å². The number of rotatable bonds is 6. The molecule has 0 N–H and O–H groups in total. The number of fused-ring (bicyclic) bond motifs is 3. The fourth-order valence-electron chi connectivity index (χ4n) is 3.86. The van der Waals surface area contributed by atoms with Crippen LogP contribution in [0.15, 0.2) is 34.0 Å². The predicted octanol–water partition coefficient (Wildman–Crippen LogP) is 2.51. The molecular formula is C22H27N5O4. The van der Waals surface area contributed by atoms with Crippen LogP contribution in [0.1, 0.15) is 26.0 Å². The van der Waals surface area contributed by atoms with E-state index in [0.717, 1.165) is 17.8 Å². The van der Waals surface area contributed by atoms with E-state index in [0.29, 0.717) is 40.9 Å². The maximum absolute atomic E-state index is 13.3. The normalized spacial score (nSPS) is 11.7. The van der Waals surface area contributed by atoms with Crippen molar-refractivity contribution in [1.82, 2.24) is 23.1 Å². The maximum Gasteiger partial charge on any atom is 0.332 e. The quantitative estimate of drug-likeness (QED) is 0.474. The molecule has 0 unspecified atom stereocenters. The Bertz CT molecular complexity index is 1400. The second kappa shape index (κ2) is 7.64.